The molecule has 0 aliphatic heterocycles. The van der Waals surface area contributed by atoms with Gasteiger partial charge in [0.1, 0.15) is 0 Å². The van der Waals surface area contributed by atoms with Crippen LogP contribution in [0.15, 0.2) is 47.6 Å². The minimum Gasteiger partial charge on any atom is -1.00 e. The van der Waals surface area contributed by atoms with Gasteiger partial charge in [-0.1, -0.05) is 12.8 Å². The van der Waals surface area contributed by atoms with Gasteiger partial charge in [0.15, 0.2) is 0 Å². The molecule has 4 heteroatoms. The number of hydrogen-bond donors (Lipinski definition) is 0. The number of rotatable bonds is 0. The summed E-state index contributed by atoms with van der Waals surface area (Å²) in [5.74, 6) is 1.77. The Labute approximate surface area is 176 Å². The fourth-order valence-electron chi connectivity index (χ4n) is 3.33. The molecular weight excluding hydrogens is 518 g/mol. The van der Waals surface area contributed by atoms with Crippen molar-refractivity contribution in [3.05, 3.63) is 60.4 Å². The van der Waals surface area contributed by atoms with E-state index in [1.54, 1.807) is 11.1 Å². The fourth-order valence-corrected chi connectivity index (χ4v) is 3.33. The molecule has 4 rings (SSSR count). The number of fused-ring (bicyclic) bond motifs is 2. The zero-order valence-corrected chi connectivity index (χ0v) is 20.9. The Morgan fingerprint density at radius 3 is 1.58 bits per heavy atom. The van der Waals surface area contributed by atoms with Gasteiger partial charge < -0.3 is 24.8 Å². The van der Waals surface area contributed by atoms with Crippen LogP contribution >= 0.6 is 0 Å². The molecule has 0 N–H and O–H groups in total. The maximum atomic E-state index is 2.37. The summed E-state index contributed by atoms with van der Waals surface area (Å²) in [4.78, 5) is 0. The Morgan fingerprint density at radius 1 is 0.875 bits per heavy atom. The molecule has 0 bridgehead atoms. The molecule has 2 fully saturated rings. The van der Waals surface area contributed by atoms with E-state index >= 15 is 0 Å². The molecule has 0 heterocycles. The third kappa shape index (κ3) is 8.65. The van der Waals surface area contributed by atoms with Gasteiger partial charge in [0.2, 0.25) is 0 Å². The third-order valence-corrected chi connectivity index (χ3v) is 4.42. The molecule has 0 radical (unpaired) electrons. The van der Waals surface area contributed by atoms with Crippen LogP contribution in [0.5, 0.6) is 0 Å². The van der Waals surface area contributed by atoms with Gasteiger partial charge in [-0.05, 0) is 24.7 Å². The average molecular weight is 546 g/mol. The van der Waals surface area contributed by atoms with Crippen LogP contribution < -0.4 is 24.8 Å². The van der Waals surface area contributed by atoms with Crippen molar-refractivity contribution in [3.8, 4) is 0 Å². The van der Waals surface area contributed by atoms with Crippen molar-refractivity contribution in [2.24, 2.45) is 11.8 Å². The molecule has 0 amide bonds. The van der Waals surface area contributed by atoms with Crippen LogP contribution in [0.25, 0.3) is 0 Å². The van der Waals surface area contributed by atoms with Crippen LogP contribution in [0.3, 0.4) is 0 Å². The van der Waals surface area contributed by atoms with Gasteiger partial charge in [0.25, 0.3) is 0 Å². The van der Waals surface area contributed by atoms with Crippen molar-refractivity contribution in [1.29, 1.82) is 0 Å². The van der Waals surface area contributed by atoms with E-state index in [1.807, 2.05) is 0 Å². The summed E-state index contributed by atoms with van der Waals surface area (Å²) >= 11 is 1.45. The SMILES string of the molecule is C1=CCC2CC[CH-]C2=C1.C1=CCC2CC[CH-]C2=C1.C[Si](C)=[Hf+2].[Cl-].[Cl-]. The van der Waals surface area contributed by atoms with Crippen LogP contribution in [-0.4, -0.2) is 5.49 Å². The Balaban J connectivity index is 0.000000341. The van der Waals surface area contributed by atoms with Crippen molar-refractivity contribution in [3.63, 3.8) is 0 Å². The Kier molecular flexibility index (Phi) is 13.8. The van der Waals surface area contributed by atoms with E-state index in [0.29, 0.717) is 0 Å². The zero-order valence-electron chi connectivity index (χ0n) is 14.8. The van der Waals surface area contributed by atoms with E-state index in [9.17, 15) is 0 Å². The van der Waals surface area contributed by atoms with Crippen molar-refractivity contribution >= 4 is 5.49 Å². The summed E-state index contributed by atoms with van der Waals surface area (Å²) < 4.78 is 0. The maximum absolute atomic E-state index is 2.37. The minimum absolute atomic E-state index is 0. The van der Waals surface area contributed by atoms with Gasteiger partial charge in [-0.3, -0.25) is 0 Å². The average Bonchev–Trinajstić information content (AvgIpc) is 3.16. The molecule has 132 valence electrons. The molecule has 4 aliphatic rings. The number of allylic oxidation sites excluding steroid dienone is 8. The fraction of sp³-hybridized carbons (Fsp3) is 0.500. The first-order chi connectivity index (χ1) is 10.7. The first-order valence-electron chi connectivity index (χ1n) is 8.58. The number of halogens is 2. The second-order valence-electron chi connectivity index (χ2n) is 6.62. The summed E-state index contributed by atoms with van der Waals surface area (Å²) in [6.45, 7) is 4.66. The van der Waals surface area contributed by atoms with Crippen LogP contribution in [-0.2, 0) is 23.0 Å². The molecule has 0 nitrogen and oxygen atoms in total. The Morgan fingerprint density at radius 2 is 1.25 bits per heavy atom. The van der Waals surface area contributed by atoms with Crippen molar-refractivity contribution in [2.45, 2.75) is 51.6 Å². The van der Waals surface area contributed by atoms with Gasteiger partial charge >= 0.3 is 41.6 Å². The summed E-state index contributed by atoms with van der Waals surface area (Å²) in [5, 5.41) is 0. The molecule has 2 saturated carbocycles. The van der Waals surface area contributed by atoms with Gasteiger partial charge in [-0.25, -0.2) is 36.1 Å². The molecule has 2 atom stereocenters. The molecule has 0 saturated heterocycles. The number of hydrogen-bond acceptors (Lipinski definition) is 0. The van der Waals surface area contributed by atoms with Crippen molar-refractivity contribution in [2.75, 3.05) is 0 Å². The Bertz CT molecular complexity index is 462. The normalized spacial score (nSPS) is 24.5. The third-order valence-electron chi connectivity index (χ3n) is 4.42. The second kappa shape index (κ2) is 13.6. The van der Waals surface area contributed by atoms with Gasteiger partial charge in [-0.2, -0.15) is 0 Å². The van der Waals surface area contributed by atoms with E-state index < -0.39 is 0 Å². The maximum Gasteiger partial charge on any atom is -1.00 e. The van der Waals surface area contributed by atoms with Crippen LogP contribution in [0, 0.1) is 24.7 Å². The predicted molar refractivity (Wildman–Crippen MR) is 95.2 cm³/mol. The van der Waals surface area contributed by atoms with E-state index in [0.717, 1.165) is 11.8 Å². The topological polar surface area (TPSA) is 0 Å². The zero-order chi connectivity index (χ0) is 15.8. The van der Waals surface area contributed by atoms with Crippen molar-refractivity contribution in [1.82, 2.24) is 0 Å². The molecule has 0 aromatic rings. The molecule has 0 spiro atoms. The van der Waals surface area contributed by atoms with Crippen LogP contribution in [0.2, 0.25) is 13.1 Å². The Hall–Kier alpha value is 0.367. The summed E-state index contributed by atoms with van der Waals surface area (Å²) in [7, 11) is 0. The summed E-state index contributed by atoms with van der Waals surface area (Å²) in [6, 6.07) is 0. The standard InChI is InChI=1S/2C9H11.C2H6Si.2ClH.Hf/c2*1-2-5-9-7-3-6-8(9)4-1;1-3-2;;;/h2*1-2,4,6,9H,3,5,7H2;1-2H3;2*1H;/q2*-1;;;;+2/p-2. The molecular formula is C20H28Cl2HfSi-2. The largest absolute Gasteiger partial charge is 1.00 e. The molecule has 4 aliphatic carbocycles. The minimum atomic E-state index is 0. The monoisotopic (exact) mass is 546 g/mol. The second-order valence-corrected chi connectivity index (χ2v) is 19.4. The van der Waals surface area contributed by atoms with Crippen LogP contribution in [0.1, 0.15) is 38.5 Å². The van der Waals surface area contributed by atoms with E-state index in [1.165, 1.54) is 61.5 Å². The van der Waals surface area contributed by atoms with Gasteiger partial charge in [-0.15, -0.1) is 37.1 Å². The summed E-state index contributed by atoms with van der Waals surface area (Å²) in [6.07, 6.45) is 26.1. The quantitative estimate of drug-likeness (QED) is 0.291. The van der Waals surface area contributed by atoms with Crippen LogP contribution in [0.4, 0.5) is 0 Å². The molecule has 0 aromatic carbocycles. The predicted octanol–water partition coefficient (Wildman–Crippen LogP) is -0.234. The van der Waals surface area contributed by atoms with E-state index in [2.05, 4.69) is 62.4 Å². The smallest absolute Gasteiger partial charge is 1.00 e. The van der Waals surface area contributed by atoms with E-state index in [-0.39, 0.29) is 30.3 Å². The first-order valence-corrected chi connectivity index (χ1v) is 16.5. The van der Waals surface area contributed by atoms with E-state index in [4.69, 9.17) is 0 Å². The molecule has 2 unspecified atom stereocenters. The van der Waals surface area contributed by atoms with Gasteiger partial charge in [0, 0.05) is 0 Å². The molecule has 24 heavy (non-hydrogen) atoms. The molecule has 0 aromatic heterocycles. The van der Waals surface area contributed by atoms with Gasteiger partial charge in [0.05, 0.1) is 0 Å². The first kappa shape index (κ1) is 24.4. The summed E-state index contributed by atoms with van der Waals surface area (Å²) in [5.41, 5.74) is 3.42. The van der Waals surface area contributed by atoms with Crippen molar-refractivity contribution < 1.29 is 47.8 Å².